The Hall–Kier alpha value is -1.02. The van der Waals surface area contributed by atoms with Gasteiger partial charge in [0.15, 0.2) is 0 Å². The SMILES string of the molecule is CCC(CC)(CO)CN1CCc2ccccc21. The van der Waals surface area contributed by atoms with Gasteiger partial charge in [0.2, 0.25) is 0 Å². The molecule has 94 valence electrons. The number of aliphatic hydroxyl groups excluding tert-OH is 1. The Morgan fingerprint density at radius 1 is 1.24 bits per heavy atom. The van der Waals surface area contributed by atoms with Crippen molar-refractivity contribution in [1.29, 1.82) is 0 Å². The molecule has 2 nitrogen and oxygen atoms in total. The first kappa shape index (κ1) is 12.4. The average Bonchev–Trinajstić information content (AvgIpc) is 2.79. The number of fused-ring (bicyclic) bond motifs is 1. The monoisotopic (exact) mass is 233 g/mol. The summed E-state index contributed by atoms with van der Waals surface area (Å²) in [6, 6.07) is 8.64. The predicted octanol–water partition coefficient (Wildman–Crippen LogP) is 2.85. The van der Waals surface area contributed by atoms with E-state index in [0.29, 0.717) is 6.61 Å². The zero-order chi connectivity index (χ0) is 12.3. The summed E-state index contributed by atoms with van der Waals surface area (Å²) in [5.74, 6) is 0. The fourth-order valence-corrected chi connectivity index (χ4v) is 2.72. The lowest BCUT2D eigenvalue weighted by Crippen LogP contribution is -2.39. The van der Waals surface area contributed by atoms with Crippen LogP contribution in [0.2, 0.25) is 0 Å². The van der Waals surface area contributed by atoms with Gasteiger partial charge in [0.25, 0.3) is 0 Å². The summed E-state index contributed by atoms with van der Waals surface area (Å²) in [6.45, 7) is 6.73. The van der Waals surface area contributed by atoms with Crippen LogP contribution in [-0.4, -0.2) is 24.8 Å². The molecule has 1 aliphatic heterocycles. The smallest absolute Gasteiger partial charge is 0.0504 e. The van der Waals surface area contributed by atoms with Gasteiger partial charge in [0.1, 0.15) is 0 Å². The normalized spacial score (nSPS) is 15.1. The van der Waals surface area contributed by atoms with Crippen molar-refractivity contribution < 1.29 is 5.11 Å². The van der Waals surface area contributed by atoms with Crippen LogP contribution in [0.5, 0.6) is 0 Å². The van der Waals surface area contributed by atoms with Gasteiger partial charge in [-0.1, -0.05) is 32.0 Å². The molecule has 2 rings (SSSR count). The second-order valence-corrected chi connectivity index (χ2v) is 5.17. The summed E-state index contributed by atoms with van der Waals surface area (Å²) in [5, 5.41) is 9.66. The minimum absolute atomic E-state index is 0.0669. The highest BCUT2D eigenvalue weighted by molar-refractivity contribution is 5.57. The van der Waals surface area contributed by atoms with Crippen molar-refractivity contribution in [3.63, 3.8) is 0 Å². The first-order valence-corrected chi connectivity index (χ1v) is 6.68. The van der Waals surface area contributed by atoms with Gasteiger partial charge in [0.05, 0.1) is 6.61 Å². The molecule has 0 saturated heterocycles. The lowest BCUT2D eigenvalue weighted by atomic mass is 9.82. The van der Waals surface area contributed by atoms with E-state index < -0.39 is 0 Å². The summed E-state index contributed by atoms with van der Waals surface area (Å²) in [5.41, 5.74) is 2.89. The number of hydrogen-bond acceptors (Lipinski definition) is 2. The molecule has 0 bridgehead atoms. The molecular weight excluding hydrogens is 210 g/mol. The number of anilines is 1. The third-order valence-corrected chi connectivity index (χ3v) is 4.35. The molecule has 0 aromatic heterocycles. The van der Waals surface area contributed by atoms with Crippen molar-refractivity contribution >= 4 is 5.69 Å². The van der Waals surface area contributed by atoms with Crippen LogP contribution in [0.3, 0.4) is 0 Å². The summed E-state index contributed by atoms with van der Waals surface area (Å²) in [6.07, 6.45) is 3.22. The van der Waals surface area contributed by atoms with Crippen molar-refractivity contribution in [3.8, 4) is 0 Å². The van der Waals surface area contributed by atoms with Crippen LogP contribution in [0.15, 0.2) is 24.3 Å². The molecule has 0 saturated carbocycles. The van der Waals surface area contributed by atoms with E-state index in [1.54, 1.807) is 0 Å². The summed E-state index contributed by atoms with van der Waals surface area (Å²) in [7, 11) is 0. The Morgan fingerprint density at radius 2 is 1.94 bits per heavy atom. The predicted molar refractivity (Wildman–Crippen MR) is 72.5 cm³/mol. The van der Waals surface area contributed by atoms with Gasteiger partial charge in [-0.25, -0.2) is 0 Å². The lowest BCUT2D eigenvalue weighted by Gasteiger charge is -2.35. The highest BCUT2D eigenvalue weighted by Gasteiger charge is 2.30. The molecule has 2 heteroatoms. The molecule has 0 radical (unpaired) electrons. The Balaban J connectivity index is 2.16. The minimum Gasteiger partial charge on any atom is -0.396 e. The maximum atomic E-state index is 9.66. The second-order valence-electron chi connectivity index (χ2n) is 5.17. The standard InChI is InChI=1S/C15H23NO/c1-3-15(4-2,12-17)11-16-10-9-13-7-5-6-8-14(13)16/h5-8,17H,3-4,9-12H2,1-2H3. The van der Waals surface area contributed by atoms with Crippen LogP contribution in [-0.2, 0) is 6.42 Å². The van der Waals surface area contributed by atoms with Crippen molar-refractivity contribution in [1.82, 2.24) is 0 Å². The first-order valence-electron chi connectivity index (χ1n) is 6.68. The van der Waals surface area contributed by atoms with Crippen molar-refractivity contribution in [2.24, 2.45) is 5.41 Å². The van der Waals surface area contributed by atoms with Crippen molar-refractivity contribution in [3.05, 3.63) is 29.8 Å². The number of nitrogens with zero attached hydrogens (tertiary/aromatic N) is 1. The van der Waals surface area contributed by atoms with E-state index in [0.717, 1.165) is 32.4 Å². The minimum atomic E-state index is 0.0669. The molecule has 0 unspecified atom stereocenters. The first-order chi connectivity index (χ1) is 8.24. The third-order valence-electron chi connectivity index (χ3n) is 4.35. The van der Waals surface area contributed by atoms with Gasteiger partial charge in [-0.2, -0.15) is 0 Å². The van der Waals surface area contributed by atoms with E-state index in [4.69, 9.17) is 0 Å². The van der Waals surface area contributed by atoms with Crippen LogP contribution < -0.4 is 4.90 Å². The molecule has 0 aliphatic carbocycles. The third kappa shape index (κ3) is 2.32. The molecule has 1 aliphatic rings. The highest BCUT2D eigenvalue weighted by Crippen LogP contribution is 2.33. The summed E-state index contributed by atoms with van der Waals surface area (Å²) >= 11 is 0. The molecule has 17 heavy (non-hydrogen) atoms. The topological polar surface area (TPSA) is 23.5 Å². The quantitative estimate of drug-likeness (QED) is 0.845. The van der Waals surface area contributed by atoms with Gasteiger partial charge in [0, 0.05) is 24.2 Å². The van der Waals surface area contributed by atoms with Crippen LogP contribution in [0.1, 0.15) is 32.3 Å². The fourth-order valence-electron chi connectivity index (χ4n) is 2.72. The van der Waals surface area contributed by atoms with E-state index in [9.17, 15) is 5.11 Å². The van der Waals surface area contributed by atoms with E-state index in [1.807, 2.05) is 0 Å². The van der Waals surface area contributed by atoms with Crippen molar-refractivity contribution in [2.75, 3.05) is 24.6 Å². The molecular formula is C15H23NO. The number of benzene rings is 1. The number of para-hydroxylation sites is 1. The van der Waals surface area contributed by atoms with E-state index in [2.05, 4.69) is 43.0 Å². The van der Waals surface area contributed by atoms with Gasteiger partial charge in [-0.05, 0) is 30.9 Å². The van der Waals surface area contributed by atoms with E-state index >= 15 is 0 Å². The molecule has 0 spiro atoms. The van der Waals surface area contributed by atoms with Crippen molar-refractivity contribution in [2.45, 2.75) is 33.1 Å². The molecule has 0 fully saturated rings. The number of rotatable bonds is 5. The maximum absolute atomic E-state index is 9.66. The zero-order valence-corrected chi connectivity index (χ0v) is 10.9. The Labute approximate surface area is 104 Å². The lowest BCUT2D eigenvalue weighted by molar-refractivity contribution is 0.121. The Bertz CT molecular complexity index is 363. The summed E-state index contributed by atoms with van der Waals surface area (Å²) in [4.78, 5) is 2.44. The molecule has 1 heterocycles. The number of aliphatic hydroxyl groups is 1. The zero-order valence-electron chi connectivity index (χ0n) is 10.9. The van der Waals surface area contributed by atoms with E-state index in [-0.39, 0.29) is 5.41 Å². The van der Waals surface area contributed by atoms with Gasteiger partial charge < -0.3 is 10.0 Å². The van der Waals surface area contributed by atoms with Crippen LogP contribution in [0.4, 0.5) is 5.69 Å². The number of hydrogen-bond donors (Lipinski definition) is 1. The van der Waals surface area contributed by atoms with Crippen LogP contribution in [0.25, 0.3) is 0 Å². The second kappa shape index (κ2) is 5.09. The molecule has 1 N–H and O–H groups in total. The summed E-state index contributed by atoms with van der Waals surface area (Å²) < 4.78 is 0. The van der Waals surface area contributed by atoms with Crippen LogP contribution >= 0.6 is 0 Å². The van der Waals surface area contributed by atoms with Gasteiger partial charge in [-0.3, -0.25) is 0 Å². The molecule has 1 aromatic rings. The van der Waals surface area contributed by atoms with Crippen LogP contribution in [0, 0.1) is 5.41 Å². The Kier molecular flexibility index (Phi) is 3.72. The molecule has 0 atom stereocenters. The van der Waals surface area contributed by atoms with Gasteiger partial charge in [-0.15, -0.1) is 0 Å². The highest BCUT2D eigenvalue weighted by atomic mass is 16.3. The Morgan fingerprint density at radius 3 is 2.59 bits per heavy atom. The largest absolute Gasteiger partial charge is 0.396 e. The van der Waals surface area contributed by atoms with E-state index in [1.165, 1.54) is 11.3 Å². The maximum Gasteiger partial charge on any atom is 0.0504 e. The molecule has 1 aromatic carbocycles. The van der Waals surface area contributed by atoms with Gasteiger partial charge >= 0.3 is 0 Å². The molecule has 0 amide bonds. The fraction of sp³-hybridized carbons (Fsp3) is 0.600. The average molecular weight is 233 g/mol.